The van der Waals surface area contributed by atoms with Crippen molar-refractivity contribution in [3.63, 3.8) is 0 Å². The maximum absolute atomic E-state index is 10.8. The summed E-state index contributed by atoms with van der Waals surface area (Å²) < 4.78 is 21.2. The second kappa shape index (κ2) is 7.56. The normalized spacial score (nSPS) is 10.4. The molecule has 8 heteroatoms. The Morgan fingerprint density at radius 3 is 2.46 bits per heavy atom. The fraction of sp³-hybridized carbons (Fsp3) is 0.167. The summed E-state index contributed by atoms with van der Waals surface area (Å²) in [6.45, 7) is 0.0622. The average Bonchev–Trinajstić information content (AvgIpc) is 3.15. The van der Waals surface area contributed by atoms with E-state index in [0.717, 1.165) is 0 Å². The van der Waals surface area contributed by atoms with Gasteiger partial charge in [0.15, 0.2) is 18.1 Å². The van der Waals surface area contributed by atoms with E-state index in [-0.39, 0.29) is 18.1 Å². The van der Waals surface area contributed by atoms with Gasteiger partial charge in [0.25, 0.3) is 5.89 Å². The van der Waals surface area contributed by atoms with Crippen LogP contribution in [0.3, 0.4) is 0 Å². The van der Waals surface area contributed by atoms with Crippen LogP contribution in [0.2, 0.25) is 0 Å². The Morgan fingerprint density at radius 1 is 1.08 bits per heavy atom. The zero-order valence-electron chi connectivity index (χ0n) is 14.1. The molecule has 0 fully saturated rings. The molecule has 1 aromatic heterocycles. The lowest BCUT2D eigenvalue weighted by atomic mass is 10.2. The van der Waals surface area contributed by atoms with Crippen molar-refractivity contribution in [1.82, 2.24) is 10.1 Å². The van der Waals surface area contributed by atoms with Gasteiger partial charge in [-0.1, -0.05) is 5.16 Å². The van der Waals surface area contributed by atoms with Crippen LogP contribution in [0.1, 0.15) is 16.2 Å². The topological polar surface area (TPSA) is 104 Å². The first-order valence-electron chi connectivity index (χ1n) is 7.62. The third kappa shape index (κ3) is 3.75. The van der Waals surface area contributed by atoms with Crippen LogP contribution < -0.4 is 14.2 Å². The number of carboxylic acid groups (broad SMARTS) is 1. The summed E-state index contributed by atoms with van der Waals surface area (Å²) in [5, 5.41) is 12.8. The number of carbonyl (C=O) groups is 1. The first-order chi connectivity index (χ1) is 12.6. The molecule has 0 saturated carbocycles. The van der Waals surface area contributed by atoms with E-state index >= 15 is 0 Å². The van der Waals surface area contributed by atoms with E-state index < -0.39 is 5.97 Å². The summed E-state index contributed by atoms with van der Waals surface area (Å²) in [4.78, 5) is 15.1. The molecule has 134 valence electrons. The average molecular weight is 356 g/mol. The molecule has 0 unspecified atom stereocenters. The lowest BCUT2D eigenvalue weighted by Crippen LogP contribution is -1.98. The minimum Gasteiger partial charge on any atom is -0.493 e. The van der Waals surface area contributed by atoms with Crippen molar-refractivity contribution in [3.8, 4) is 28.6 Å². The number of aromatic carboxylic acids is 1. The Balaban J connectivity index is 1.69. The van der Waals surface area contributed by atoms with Crippen molar-refractivity contribution >= 4 is 5.97 Å². The molecule has 8 nitrogen and oxygen atoms in total. The van der Waals surface area contributed by atoms with Crippen LogP contribution in [-0.4, -0.2) is 35.4 Å². The van der Waals surface area contributed by atoms with Gasteiger partial charge in [-0.15, -0.1) is 0 Å². The Labute approximate surface area is 148 Å². The van der Waals surface area contributed by atoms with Gasteiger partial charge in [-0.25, -0.2) is 4.79 Å². The third-order valence-corrected chi connectivity index (χ3v) is 3.57. The largest absolute Gasteiger partial charge is 0.493 e. The smallest absolute Gasteiger partial charge is 0.335 e. The molecule has 0 radical (unpaired) electrons. The first-order valence-corrected chi connectivity index (χ1v) is 7.62. The number of hydrogen-bond donors (Lipinski definition) is 1. The predicted octanol–water partition coefficient (Wildman–Crippen LogP) is 3.03. The minimum absolute atomic E-state index is 0.0622. The molecular weight excluding hydrogens is 340 g/mol. The van der Waals surface area contributed by atoms with Gasteiger partial charge in [0.2, 0.25) is 5.82 Å². The van der Waals surface area contributed by atoms with Crippen molar-refractivity contribution in [2.45, 2.75) is 6.61 Å². The van der Waals surface area contributed by atoms with Gasteiger partial charge in [-0.05, 0) is 42.5 Å². The van der Waals surface area contributed by atoms with Crippen LogP contribution in [0.25, 0.3) is 11.4 Å². The van der Waals surface area contributed by atoms with Crippen LogP contribution in [0.5, 0.6) is 17.2 Å². The number of rotatable bonds is 7. The predicted molar refractivity (Wildman–Crippen MR) is 90.6 cm³/mol. The van der Waals surface area contributed by atoms with Crippen LogP contribution in [-0.2, 0) is 6.61 Å². The summed E-state index contributed by atoms with van der Waals surface area (Å²) in [5.41, 5.74) is 0.898. The van der Waals surface area contributed by atoms with Gasteiger partial charge in [0.1, 0.15) is 5.75 Å². The van der Waals surface area contributed by atoms with E-state index in [1.165, 1.54) is 12.1 Å². The van der Waals surface area contributed by atoms with Gasteiger partial charge in [-0.3, -0.25) is 0 Å². The molecule has 1 N–H and O–H groups in total. The van der Waals surface area contributed by atoms with Crippen molar-refractivity contribution in [1.29, 1.82) is 0 Å². The SMILES string of the molecule is COc1ccc(-c2noc(COc3ccc(C(=O)O)cc3)n2)cc1OC. The van der Waals surface area contributed by atoms with Crippen molar-refractivity contribution < 1.29 is 28.6 Å². The Kier molecular flexibility index (Phi) is 5.02. The maximum atomic E-state index is 10.8. The van der Waals surface area contributed by atoms with E-state index in [1.54, 1.807) is 44.6 Å². The number of benzene rings is 2. The van der Waals surface area contributed by atoms with E-state index in [2.05, 4.69) is 10.1 Å². The number of methoxy groups -OCH3 is 2. The third-order valence-electron chi connectivity index (χ3n) is 3.57. The molecule has 0 bridgehead atoms. The number of aromatic nitrogens is 2. The van der Waals surface area contributed by atoms with Gasteiger partial charge < -0.3 is 23.8 Å². The molecule has 0 aliphatic rings. The molecule has 0 saturated heterocycles. The molecule has 0 amide bonds. The Morgan fingerprint density at radius 2 is 1.81 bits per heavy atom. The lowest BCUT2D eigenvalue weighted by Gasteiger charge is -2.07. The molecule has 1 heterocycles. The fourth-order valence-corrected chi connectivity index (χ4v) is 2.24. The van der Waals surface area contributed by atoms with Crippen LogP contribution >= 0.6 is 0 Å². The highest BCUT2D eigenvalue weighted by Gasteiger charge is 2.12. The number of ether oxygens (including phenoxy) is 3. The number of nitrogens with zero attached hydrogens (tertiary/aromatic N) is 2. The number of carboxylic acids is 1. The summed E-state index contributed by atoms with van der Waals surface area (Å²) in [5.74, 6) is 1.36. The Bertz CT molecular complexity index is 904. The van der Waals surface area contributed by atoms with Gasteiger partial charge in [0, 0.05) is 5.56 Å². The van der Waals surface area contributed by atoms with E-state index in [1.807, 2.05) is 0 Å². The monoisotopic (exact) mass is 356 g/mol. The summed E-state index contributed by atoms with van der Waals surface area (Å²) in [6.07, 6.45) is 0. The molecular formula is C18H16N2O6. The summed E-state index contributed by atoms with van der Waals surface area (Å²) in [7, 11) is 3.11. The molecule has 26 heavy (non-hydrogen) atoms. The molecule has 3 aromatic rings. The van der Waals surface area contributed by atoms with Crippen LogP contribution in [0, 0.1) is 0 Å². The van der Waals surface area contributed by atoms with Crippen LogP contribution in [0.15, 0.2) is 47.0 Å². The lowest BCUT2D eigenvalue weighted by molar-refractivity contribution is 0.0697. The highest BCUT2D eigenvalue weighted by Crippen LogP contribution is 2.31. The second-order valence-corrected chi connectivity index (χ2v) is 5.20. The fourth-order valence-electron chi connectivity index (χ4n) is 2.24. The highest BCUT2D eigenvalue weighted by atomic mass is 16.5. The van der Waals surface area contributed by atoms with E-state index in [0.29, 0.717) is 28.6 Å². The van der Waals surface area contributed by atoms with E-state index in [9.17, 15) is 4.79 Å². The first kappa shape index (κ1) is 17.3. The molecule has 0 aliphatic heterocycles. The van der Waals surface area contributed by atoms with Crippen molar-refractivity contribution in [2.24, 2.45) is 0 Å². The summed E-state index contributed by atoms with van der Waals surface area (Å²) in [6, 6.07) is 11.3. The number of hydrogen-bond acceptors (Lipinski definition) is 7. The van der Waals surface area contributed by atoms with Gasteiger partial charge in [-0.2, -0.15) is 4.98 Å². The van der Waals surface area contributed by atoms with Gasteiger partial charge in [0.05, 0.1) is 19.8 Å². The maximum Gasteiger partial charge on any atom is 0.335 e. The minimum atomic E-state index is -0.993. The highest BCUT2D eigenvalue weighted by molar-refractivity contribution is 5.87. The summed E-state index contributed by atoms with van der Waals surface area (Å²) >= 11 is 0. The van der Waals surface area contributed by atoms with E-state index in [4.69, 9.17) is 23.8 Å². The molecule has 0 atom stereocenters. The Hall–Kier alpha value is -3.55. The molecule has 2 aromatic carbocycles. The standard InChI is InChI=1S/C18H16N2O6/c1-23-14-8-5-12(9-15(14)24-2)17-19-16(26-20-17)10-25-13-6-3-11(4-7-13)18(21)22/h3-9H,10H2,1-2H3,(H,21,22). The molecule has 0 aliphatic carbocycles. The molecule has 0 spiro atoms. The second-order valence-electron chi connectivity index (χ2n) is 5.20. The van der Waals surface area contributed by atoms with Crippen molar-refractivity contribution in [3.05, 3.63) is 53.9 Å². The zero-order valence-corrected chi connectivity index (χ0v) is 14.1. The van der Waals surface area contributed by atoms with Crippen LogP contribution in [0.4, 0.5) is 0 Å². The quantitative estimate of drug-likeness (QED) is 0.689. The van der Waals surface area contributed by atoms with Crippen molar-refractivity contribution in [2.75, 3.05) is 14.2 Å². The van der Waals surface area contributed by atoms with Gasteiger partial charge >= 0.3 is 5.97 Å². The zero-order chi connectivity index (χ0) is 18.5. The molecule has 3 rings (SSSR count).